The van der Waals surface area contributed by atoms with Crippen LogP contribution in [0.2, 0.25) is 0 Å². The molecule has 3 aliphatic heterocycles. The number of hydroxylamine groups is 2. The molecular formula is C27H23N4O5-. The average Bonchev–Trinajstić information content (AvgIpc) is 3.51. The van der Waals surface area contributed by atoms with Crippen LogP contribution >= 0.6 is 0 Å². The summed E-state index contributed by atoms with van der Waals surface area (Å²) in [5.41, 5.74) is 4.23. The Morgan fingerprint density at radius 1 is 1.11 bits per heavy atom. The van der Waals surface area contributed by atoms with Crippen LogP contribution in [0.5, 0.6) is 0 Å². The molecule has 9 heteroatoms. The van der Waals surface area contributed by atoms with Crippen molar-refractivity contribution in [3.05, 3.63) is 64.9 Å². The molecule has 5 aromatic rings. The number of methoxy groups -OCH3 is 1. The van der Waals surface area contributed by atoms with Crippen LogP contribution in [-0.2, 0) is 21.7 Å². The molecule has 4 atom stereocenters. The van der Waals surface area contributed by atoms with Crippen LogP contribution in [0.25, 0.3) is 43.6 Å². The van der Waals surface area contributed by atoms with E-state index in [0.717, 1.165) is 49.2 Å². The largest absolute Gasteiger partial charge is 0.762 e. The number of aromatic nitrogens is 2. The highest BCUT2D eigenvalue weighted by molar-refractivity contribution is 6.31. The number of hydrogen-bond acceptors (Lipinski definition) is 6. The molecule has 0 aliphatic carbocycles. The summed E-state index contributed by atoms with van der Waals surface area (Å²) < 4.78 is 17.0. The number of carbonyl (C=O) groups is 1. The van der Waals surface area contributed by atoms with Gasteiger partial charge in [-0.1, -0.05) is 36.4 Å². The van der Waals surface area contributed by atoms with Gasteiger partial charge in [0.25, 0.3) is 5.91 Å². The molecule has 3 aliphatic rings. The number of rotatable bonds is 2. The Kier molecular flexibility index (Phi) is 3.82. The first-order valence-electron chi connectivity index (χ1n) is 12.1. The van der Waals surface area contributed by atoms with Crippen molar-refractivity contribution in [3.8, 4) is 0 Å². The maximum Gasteiger partial charge on any atom is 0.252 e. The molecule has 182 valence electrons. The first-order chi connectivity index (χ1) is 17.5. The second-order valence-electron chi connectivity index (χ2n) is 10.1. The van der Waals surface area contributed by atoms with Crippen molar-refractivity contribution in [2.45, 2.75) is 44.0 Å². The standard InChI is InChI=1S/C27H23N4O5/c1-27-25(35-2)18(31(33)34)11-19(36-27)29-16-9-5-3-7-13(16)21-22-15(12-28-26(22)32)20-14-8-4-6-10-17(14)30(27)24(20)23(21)29/h3-10,18-19,25,33H,11-12H2,1-2H3,(H,28,32)/q-1/t18-,19+,25+,27-/m0/s1. The van der Waals surface area contributed by atoms with Gasteiger partial charge in [-0.05, 0) is 24.6 Å². The van der Waals surface area contributed by atoms with Crippen molar-refractivity contribution in [2.75, 3.05) is 7.11 Å². The Hall–Kier alpha value is -3.47. The van der Waals surface area contributed by atoms with E-state index in [4.69, 9.17) is 9.47 Å². The molecule has 8 rings (SSSR count). The number of fused-ring (bicyclic) bond motifs is 13. The van der Waals surface area contributed by atoms with Gasteiger partial charge in [0.05, 0.1) is 33.7 Å². The van der Waals surface area contributed by atoms with E-state index >= 15 is 0 Å². The van der Waals surface area contributed by atoms with Gasteiger partial charge in [-0.15, -0.1) is 0 Å². The van der Waals surface area contributed by atoms with Crippen molar-refractivity contribution < 1.29 is 19.5 Å². The molecule has 2 N–H and O–H groups in total. The zero-order valence-electron chi connectivity index (χ0n) is 19.7. The highest BCUT2D eigenvalue weighted by Gasteiger charge is 2.53. The maximum atomic E-state index is 13.3. The number of para-hydroxylation sites is 2. The smallest absolute Gasteiger partial charge is 0.252 e. The minimum atomic E-state index is -1.12. The third-order valence-electron chi connectivity index (χ3n) is 8.48. The summed E-state index contributed by atoms with van der Waals surface area (Å²) in [4.78, 5) is 13.3. The summed E-state index contributed by atoms with van der Waals surface area (Å²) in [5, 5.41) is 29.6. The first-order valence-corrected chi connectivity index (χ1v) is 12.1. The third-order valence-corrected chi connectivity index (χ3v) is 8.48. The van der Waals surface area contributed by atoms with Crippen molar-refractivity contribution in [2.24, 2.45) is 0 Å². The fourth-order valence-corrected chi connectivity index (χ4v) is 7.24. The molecule has 1 amide bonds. The van der Waals surface area contributed by atoms with Crippen molar-refractivity contribution >= 4 is 49.5 Å². The molecule has 2 aromatic heterocycles. The summed E-state index contributed by atoms with van der Waals surface area (Å²) in [6.07, 6.45) is -1.11. The van der Waals surface area contributed by atoms with Crippen molar-refractivity contribution in [3.63, 3.8) is 0 Å². The van der Waals surface area contributed by atoms with E-state index in [9.17, 15) is 15.2 Å². The average molecular weight is 484 g/mol. The normalized spacial score (nSPS) is 27.0. The summed E-state index contributed by atoms with van der Waals surface area (Å²) in [7, 11) is 1.54. The minimum absolute atomic E-state index is 0.0110. The van der Waals surface area contributed by atoms with E-state index in [1.54, 1.807) is 7.11 Å². The lowest BCUT2D eigenvalue weighted by Gasteiger charge is -2.51. The SMILES string of the molecule is CO[C@@H]1[C@@H](N([O-])O)C[C@H]2O[C@]1(C)n1c3ccccc3c3c4c(c5c6ccccc6n2c5c31)C(=O)NC4. The minimum Gasteiger partial charge on any atom is -0.762 e. The zero-order valence-corrected chi connectivity index (χ0v) is 19.7. The van der Waals surface area contributed by atoms with Gasteiger partial charge in [0, 0.05) is 41.6 Å². The zero-order chi connectivity index (χ0) is 24.5. The Balaban J connectivity index is 1.70. The molecule has 2 bridgehead atoms. The van der Waals surface area contributed by atoms with E-state index in [-0.39, 0.29) is 17.6 Å². The molecule has 0 unspecified atom stereocenters. The Morgan fingerprint density at radius 3 is 2.53 bits per heavy atom. The molecule has 1 fully saturated rings. The lowest BCUT2D eigenvalue weighted by atomic mass is 9.93. The number of ether oxygens (including phenoxy) is 2. The molecule has 0 saturated carbocycles. The monoisotopic (exact) mass is 483 g/mol. The quantitative estimate of drug-likeness (QED) is 0.363. The Morgan fingerprint density at radius 2 is 1.81 bits per heavy atom. The van der Waals surface area contributed by atoms with Gasteiger partial charge in [0.15, 0.2) is 5.72 Å². The van der Waals surface area contributed by atoms with Gasteiger partial charge in [-0.2, -0.15) is 0 Å². The molecule has 1 saturated heterocycles. The van der Waals surface area contributed by atoms with Crippen LogP contribution in [0.4, 0.5) is 0 Å². The molecule has 0 radical (unpaired) electrons. The van der Waals surface area contributed by atoms with E-state index in [1.807, 2.05) is 49.4 Å². The second-order valence-corrected chi connectivity index (χ2v) is 10.1. The van der Waals surface area contributed by atoms with Gasteiger partial charge in [0.1, 0.15) is 12.3 Å². The van der Waals surface area contributed by atoms with Gasteiger partial charge < -0.3 is 34.3 Å². The van der Waals surface area contributed by atoms with E-state index in [2.05, 4.69) is 20.5 Å². The molecular weight excluding hydrogens is 460 g/mol. The van der Waals surface area contributed by atoms with Crippen molar-refractivity contribution in [1.29, 1.82) is 0 Å². The van der Waals surface area contributed by atoms with Crippen LogP contribution in [-0.4, -0.2) is 44.7 Å². The topological polar surface area (TPSA) is 104 Å². The highest BCUT2D eigenvalue weighted by atomic mass is 16.8. The molecule has 5 heterocycles. The van der Waals surface area contributed by atoms with Crippen LogP contribution in [0, 0.1) is 5.21 Å². The lowest BCUT2D eigenvalue weighted by molar-refractivity contribution is -0.288. The van der Waals surface area contributed by atoms with Crippen LogP contribution < -0.4 is 5.32 Å². The fourth-order valence-electron chi connectivity index (χ4n) is 7.24. The van der Waals surface area contributed by atoms with Crippen LogP contribution in [0.3, 0.4) is 0 Å². The van der Waals surface area contributed by atoms with Crippen LogP contribution in [0.1, 0.15) is 35.5 Å². The van der Waals surface area contributed by atoms with Crippen molar-refractivity contribution in [1.82, 2.24) is 19.7 Å². The predicted octanol–water partition coefficient (Wildman–Crippen LogP) is 4.32. The van der Waals surface area contributed by atoms with E-state index < -0.39 is 24.1 Å². The van der Waals surface area contributed by atoms with E-state index in [0.29, 0.717) is 12.1 Å². The number of nitrogens with zero attached hydrogens (tertiary/aromatic N) is 3. The predicted molar refractivity (Wildman–Crippen MR) is 134 cm³/mol. The summed E-state index contributed by atoms with van der Waals surface area (Å²) >= 11 is 0. The Bertz CT molecular complexity index is 1790. The summed E-state index contributed by atoms with van der Waals surface area (Å²) in [5.74, 6) is -0.0836. The fraction of sp³-hybridized carbons (Fsp3) is 0.296. The molecule has 9 nitrogen and oxygen atoms in total. The number of hydrogen-bond donors (Lipinski definition) is 2. The summed E-state index contributed by atoms with van der Waals surface area (Å²) in [6.45, 7) is 2.36. The van der Waals surface area contributed by atoms with Gasteiger partial charge in [-0.25, -0.2) is 0 Å². The highest BCUT2D eigenvalue weighted by Crippen LogP contribution is 2.54. The van der Waals surface area contributed by atoms with Crippen LogP contribution in [0.15, 0.2) is 48.5 Å². The number of carbonyl (C=O) groups excluding carboxylic acids is 1. The maximum absolute atomic E-state index is 13.3. The Labute approximate surface area is 204 Å². The first kappa shape index (κ1) is 20.7. The number of nitrogens with one attached hydrogen (secondary N) is 1. The van der Waals surface area contributed by atoms with Gasteiger partial charge in [-0.3, -0.25) is 10.0 Å². The second kappa shape index (κ2) is 6.64. The summed E-state index contributed by atoms with van der Waals surface area (Å²) in [6, 6.07) is 15.2. The third kappa shape index (κ3) is 2.18. The lowest BCUT2D eigenvalue weighted by Crippen LogP contribution is -2.59. The molecule has 36 heavy (non-hydrogen) atoms. The molecule has 0 spiro atoms. The van der Waals surface area contributed by atoms with E-state index in [1.165, 1.54) is 0 Å². The van der Waals surface area contributed by atoms with Gasteiger partial charge >= 0.3 is 0 Å². The van der Waals surface area contributed by atoms with Gasteiger partial charge in [0.2, 0.25) is 0 Å². The number of benzene rings is 3. The molecule has 3 aromatic carbocycles. The number of amides is 1.